The van der Waals surface area contributed by atoms with Gasteiger partial charge in [-0.05, 0) is 50.8 Å². The lowest BCUT2D eigenvalue weighted by molar-refractivity contribution is 0.353. The summed E-state index contributed by atoms with van der Waals surface area (Å²) in [5.74, 6) is -1.26. The van der Waals surface area contributed by atoms with Crippen molar-refractivity contribution in [1.29, 1.82) is 0 Å². The van der Waals surface area contributed by atoms with Crippen LogP contribution in [0, 0.1) is 17.6 Å². The van der Waals surface area contributed by atoms with E-state index >= 15 is 0 Å². The molecule has 0 spiro atoms. The molecular formula is C15H23F2N. The molecule has 0 amide bonds. The number of rotatable bonds is 4. The predicted molar refractivity (Wildman–Crippen MR) is 71.7 cm³/mol. The van der Waals surface area contributed by atoms with Gasteiger partial charge in [-0.2, -0.15) is 0 Å². The summed E-state index contributed by atoms with van der Waals surface area (Å²) >= 11 is 0. The molecule has 0 saturated carbocycles. The summed E-state index contributed by atoms with van der Waals surface area (Å²) in [5.41, 5.74) is 0.493. The summed E-state index contributed by atoms with van der Waals surface area (Å²) in [5, 5.41) is 3.39. The summed E-state index contributed by atoms with van der Waals surface area (Å²) < 4.78 is 26.9. The zero-order valence-corrected chi connectivity index (χ0v) is 11.8. The third-order valence-corrected chi connectivity index (χ3v) is 3.28. The SMILES string of the molecule is CC(CNC(C)(C)C)C(C)c1cccc(F)c1F. The van der Waals surface area contributed by atoms with Crippen LogP contribution in [0.2, 0.25) is 0 Å². The maximum Gasteiger partial charge on any atom is 0.162 e. The van der Waals surface area contributed by atoms with Gasteiger partial charge >= 0.3 is 0 Å². The van der Waals surface area contributed by atoms with Crippen LogP contribution in [0.5, 0.6) is 0 Å². The third-order valence-electron chi connectivity index (χ3n) is 3.28. The van der Waals surface area contributed by atoms with Crippen molar-refractivity contribution < 1.29 is 8.78 Å². The lowest BCUT2D eigenvalue weighted by Crippen LogP contribution is -2.39. The first-order valence-corrected chi connectivity index (χ1v) is 6.41. The second-order valence-electron chi connectivity index (χ2n) is 6.04. The molecule has 0 aliphatic heterocycles. The van der Waals surface area contributed by atoms with Crippen LogP contribution >= 0.6 is 0 Å². The molecule has 2 unspecified atom stereocenters. The smallest absolute Gasteiger partial charge is 0.162 e. The van der Waals surface area contributed by atoms with E-state index in [0.29, 0.717) is 5.56 Å². The van der Waals surface area contributed by atoms with E-state index in [0.717, 1.165) is 12.6 Å². The molecule has 1 nitrogen and oxygen atoms in total. The van der Waals surface area contributed by atoms with Crippen molar-refractivity contribution in [2.24, 2.45) is 5.92 Å². The highest BCUT2D eigenvalue weighted by Crippen LogP contribution is 2.27. The zero-order chi connectivity index (χ0) is 13.9. The first kappa shape index (κ1) is 15.1. The van der Waals surface area contributed by atoms with E-state index in [1.165, 1.54) is 0 Å². The first-order valence-electron chi connectivity index (χ1n) is 6.41. The molecule has 1 N–H and O–H groups in total. The van der Waals surface area contributed by atoms with Gasteiger partial charge in [0.25, 0.3) is 0 Å². The molecular weight excluding hydrogens is 232 g/mol. The molecule has 0 fully saturated rings. The van der Waals surface area contributed by atoms with Crippen molar-refractivity contribution in [3.8, 4) is 0 Å². The van der Waals surface area contributed by atoms with Crippen molar-refractivity contribution >= 4 is 0 Å². The van der Waals surface area contributed by atoms with Gasteiger partial charge in [0.15, 0.2) is 11.6 Å². The van der Waals surface area contributed by atoms with E-state index in [1.807, 2.05) is 13.8 Å². The first-order chi connectivity index (χ1) is 8.22. The Labute approximate surface area is 109 Å². The molecule has 18 heavy (non-hydrogen) atoms. The Kier molecular flexibility index (Phi) is 4.85. The summed E-state index contributed by atoms with van der Waals surface area (Å²) in [6.07, 6.45) is 0. The van der Waals surface area contributed by atoms with Gasteiger partial charge < -0.3 is 5.32 Å². The second-order valence-corrected chi connectivity index (χ2v) is 6.04. The van der Waals surface area contributed by atoms with E-state index in [1.54, 1.807) is 12.1 Å². The van der Waals surface area contributed by atoms with E-state index < -0.39 is 11.6 Å². The molecule has 0 aromatic heterocycles. The Bertz CT molecular complexity index is 396. The molecule has 0 bridgehead atoms. The van der Waals surface area contributed by atoms with Gasteiger partial charge in [0.05, 0.1) is 0 Å². The fourth-order valence-electron chi connectivity index (χ4n) is 1.82. The number of hydrogen-bond donors (Lipinski definition) is 1. The minimum absolute atomic E-state index is 0.0180. The van der Waals surface area contributed by atoms with Gasteiger partial charge in [0.2, 0.25) is 0 Å². The quantitative estimate of drug-likeness (QED) is 0.854. The molecule has 3 heteroatoms. The number of benzene rings is 1. The monoisotopic (exact) mass is 255 g/mol. The summed E-state index contributed by atoms with van der Waals surface area (Å²) in [6, 6.07) is 4.38. The molecule has 1 rings (SSSR count). The van der Waals surface area contributed by atoms with Crippen LogP contribution in [-0.4, -0.2) is 12.1 Å². The van der Waals surface area contributed by atoms with Crippen molar-refractivity contribution in [3.63, 3.8) is 0 Å². The fourth-order valence-corrected chi connectivity index (χ4v) is 1.82. The predicted octanol–water partition coefficient (Wildman–Crippen LogP) is 4.09. The van der Waals surface area contributed by atoms with Crippen molar-refractivity contribution in [3.05, 3.63) is 35.4 Å². The summed E-state index contributed by atoms with van der Waals surface area (Å²) in [4.78, 5) is 0. The maximum atomic E-state index is 13.7. The molecule has 2 atom stereocenters. The van der Waals surface area contributed by atoms with Gasteiger partial charge in [-0.3, -0.25) is 0 Å². The van der Waals surface area contributed by atoms with Gasteiger partial charge in [0, 0.05) is 5.54 Å². The summed E-state index contributed by atoms with van der Waals surface area (Å²) in [6.45, 7) is 11.0. The highest BCUT2D eigenvalue weighted by atomic mass is 19.2. The van der Waals surface area contributed by atoms with Crippen LogP contribution in [0.25, 0.3) is 0 Å². The zero-order valence-electron chi connectivity index (χ0n) is 11.8. The normalized spacial score (nSPS) is 15.5. The van der Waals surface area contributed by atoms with Crippen LogP contribution in [0.3, 0.4) is 0 Å². The molecule has 102 valence electrons. The van der Waals surface area contributed by atoms with Crippen molar-refractivity contribution in [2.75, 3.05) is 6.54 Å². The van der Waals surface area contributed by atoms with Crippen LogP contribution in [-0.2, 0) is 0 Å². The van der Waals surface area contributed by atoms with E-state index in [2.05, 4.69) is 26.1 Å². The standard InChI is InChI=1S/C15H23F2N/c1-10(9-18-15(3,4)5)11(2)12-7-6-8-13(16)14(12)17/h6-8,10-11,18H,9H2,1-5H3. The number of halogens is 2. The molecule has 0 heterocycles. The molecule has 0 saturated heterocycles. The van der Waals surface area contributed by atoms with Gasteiger partial charge in [0.1, 0.15) is 0 Å². The molecule has 0 radical (unpaired) electrons. The van der Waals surface area contributed by atoms with Crippen LogP contribution in [0.1, 0.15) is 46.1 Å². The Hall–Kier alpha value is -0.960. The highest BCUT2D eigenvalue weighted by Gasteiger charge is 2.21. The largest absolute Gasteiger partial charge is 0.312 e. The number of hydrogen-bond acceptors (Lipinski definition) is 1. The Morgan fingerprint density at radius 1 is 1.17 bits per heavy atom. The van der Waals surface area contributed by atoms with E-state index in [9.17, 15) is 8.78 Å². The maximum absolute atomic E-state index is 13.7. The molecule has 1 aromatic rings. The lowest BCUT2D eigenvalue weighted by Gasteiger charge is -2.27. The van der Waals surface area contributed by atoms with Gasteiger partial charge in [-0.15, -0.1) is 0 Å². The Balaban J connectivity index is 2.74. The van der Waals surface area contributed by atoms with Crippen molar-refractivity contribution in [2.45, 2.75) is 46.1 Å². The topological polar surface area (TPSA) is 12.0 Å². The fraction of sp³-hybridized carbons (Fsp3) is 0.600. The molecule has 1 aromatic carbocycles. The third kappa shape index (κ3) is 4.05. The van der Waals surface area contributed by atoms with Gasteiger partial charge in [-0.1, -0.05) is 26.0 Å². The number of nitrogens with one attached hydrogen (secondary N) is 1. The average Bonchev–Trinajstić information content (AvgIpc) is 2.28. The Morgan fingerprint density at radius 2 is 1.78 bits per heavy atom. The van der Waals surface area contributed by atoms with Gasteiger partial charge in [-0.25, -0.2) is 8.78 Å². The van der Waals surface area contributed by atoms with E-state index in [-0.39, 0.29) is 17.4 Å². The van der Waals surface area contributed by atoms with Crippen LogP contribution in [0.15, 0.2) is 18.2 Å². The molecule has 0 aliphatic carbocycles. The minimum Gasteiger partial charge on any atom is -0.312 e. The average molecular weight is 255 g/mol. The summed E-state index contributed by atoms with van der Waals surface area (Å²) in [7, 11) is 0. The Morgan fingerprint density at radius 3 is 2.33 bits per heavy atom. The lowest BCUT2D eigenvalue weighted by atomic mass is 9.88. The van der Waals surface area contributed by atoms with Crippen molar-refractivity contribution in [1.82, 2.24) is 5.32 Å². The minimum atomic E-state index is -0.768. The second kappa shape index (κ2) is 5.79. The van der Waals surface area contributed by atoms with Crippen LogP contribution in [0.4, 0.5) is 8.78 Å². The van der Waals surface area contributed by atoms with E-state index in [4.69, 9.17) is 0 Å². The van der Waals surface area contributed by atoms with Crippen LogP contribution < -0.4 is 5.32 Å². The highest BCUT2D eigenvalue weighted by molar-refractivity contribution is 5.23. The molecule has 0 aliphatic rings.